The van der Waals surface area contributed by atoms with Crippen LogP contribution in [0, 0.1) is 0 Å². The fraction of sp³-hybridized carbons (Fsp3) is 0.500. The second kappa shape index (κ2) is 26.7. The van der Waals surface area contributed by atoms with Crippen molar-refractivity contribution < 1.29 is 76.8 Å². The Bertz CT molecular complexity index is 2710. The van der Waals surface area contributed by atoms with E-state index in [2.05, 4.69) is 21.3 Å². The van der Waals surface area contributed by atoms with Crippen molar-refractivity contribution in [2.45, 2.75) is 128 Å². The molecule has 2 fully saturated rings. The van der Waals surface area contributed by atoms with Gasteiger partial charge in [-0.1, -0.05) is 42.5 Å². The van der Waals surface area contributed by atoms with Gasteiger partial charge < -0.3 is 59.8 Å². The maximum atomic E-state index is 14.2. The maximum absolute atomic E-state index is 14.2. The van der Waals surface area contributed by atoms with Crippen LogP contribution in [0.1, 0.15) is 129 Å². The Morgan fingerprint density at radius 3 is 2.05 bits per heavy atom. The van der Waals surface area contributed by atoms with Crippen molar-refractivity contribution in [2.24, 2.45) is 0 Å². The highest BCUT2D eigenvalue weighted by Gasteiger charge is 2.45. The van der Waals surface area contributed by atoms with Gasteiger partial charge >= 0.3 is 20.2 Å². The fourth-order valence-electron chi connectivity index (χ4n) is 9.94. The predicted octanol–water partition coefficient (Wildman–Crippen LogP) is 0.505. The van der Waals surface area contributed by atoms with Gasteiger partial charge in [-0.05, 0) is 118 Å². The second-order valence-corrected chi connectivity index (χ2v) is 20.7. The van der Waals surface area contributed by atoms with Crippen LogP contribution in [0.2, 0.25) is 0 Å². The van der Waals surface area contributed by atoms with E-state index in [4.69, 9.17) is 23.6 Å². The number of fused-ring (bicyclic) bond motifs is 2. The van der Waals surface area contributed by atoms with Crippen LogP contribution in [-0.2, 0) is 74.8 Å². The standard InChI is InChI=1S/C54H68B2N6O16/c1-53(2)38-19-17-35(29-40(38)55(72)77-53)50(69)59-37-31-43(61(32-37)52(71)36-18-20-39-41(30-36)56(73)78-54(39,3)4)51(70)58-25-26-74-27-28-75-33-46(65)60-42(13-8-9-24-57-45(64)21-16-34-11-6-5-7-12-34)44(63)14-10-15-49(68)76-62-47(66)22-23-48(62)67/h5-7,11-12,17-20,29-30,37,42-43,72-73H,8-10,13-16,21-28,31-33H2,1-4H3,(H,57,64)(H,58,70)(H,59,69)(H,60,65)/t37-,42+,43+/m1/s1. The van der Waals surface area contributed by atoms with Crippen molar-refractivity contribution in [3.8, 4) is 0 Å². The molecular weight excluding hydrogens is 1010 g/mol. The highest BCUT2D eigenvalue weighted by molar-refractivity contribution is 6.62. The minimum atomic E-state index is -1.25. The van der Waals surface area contributed by atoms with Crippen molar-refractivity contribution in [2.75, 3.05) is 46.1 Å². The summed E-state index contributed by atoms with van der Waals surface area (Å²) in [6, 6.07) is 16.8. The summed E-state index contributed by atoms with van der Waals surface area (Å²) in [4.78, 5) is 123. The number of benzene rings is 3. The first-order chi connectivity index (χ1) is 37.2. The van der Waals surface area contributed by atoms with Gasteiger partial charge in [-0.3, -0.25) is 38.4 Å². The quantitative estimate of drug-likeness (QED) is 0.0344. The number of carbonyl (C=O) groups excluding carboxylic acids is 9. The van der Waals surface area contributed by atoms with E-state index in [1.165, 1.54) is 4.90 Å². The number of unbranched alkanes of at least 4 members (excludes halogenated alkanes) is 1. The Labute approximate surface area is 453 Å². The minimum absolute atomic E-state index is 0.0105. The van der Waals surface area contributed by atoms with Crippen molar-refractivity contribution in [1.29, 1.82) is 0 Å². The Morgan fingerprint density at radius 2 is 1.37 bits per heavy atom. The molecule has 24 heteroatoms. The van der Waals surface area contributed by atoms with Gasteiger partial charge in [0.25, 0.3) is 23.6 Å². The lowest BCUT2D eigenvalue weighted by atomic mass is 9.77. The van der Waals surface area contributed by atoms with Crippen molar-refractivity contribution in [1.82, 2.24) is 31.2 Å². The van der Waals surface area contributed by atoms with Gasteiger partial charge in [0.1, 0.15) is 12.6 Å². The van der Waals surface area contributed by atoms with E-state index in [1.54, 1.807) is 50.2 Å². The van der Waals surface area contributed by atoms with Gasteiger partial charge in [-0.25, -0.2) is 4.79 Å². The summed E-state index contributed by atoms with van der Waals surface area (Å²) < 4.78 is 22.5. The lowest BCUT2D eigenvalue weighted by Gasteiger charge is -2.24. The number of nitrogens with one attached hydrogen (secondary N) is 4. The Kier molecular flexibility index (Phi) is 20.1. The van der Waals surface area contributed by atoms with Crippen molar-refractivity contribution >= 4 is 78.3 Å². The molecule has 7 rings (SSSR count). The van der Waals surface area contributed by atoms with Crippen LogP contribution in [0.25, 0.3) is 0 Å². The molecule has 3 aromatic carbocycles. The molecule has 4 aliphatic rings. The number of ketones is 1. The molecule has 0 radical (unpaired) electrons. The summed E-state index contributed by atoms with van der Waals surface area (Å²) in [6.45, 7) is 7.27. The van der Waals surface area contributed by atoms with Crippen LogP contribution >= 0.6 is 0 Å². The summed E-state index contributed by atoms with van der Waals surface area (Å²) in [5.41, 5.74) is 2.37. The zero-order valence-corrected chi connectivity index (χ0v) is 44.5. The Hall–Kier alpha value is -6.82. The highest BCUT2D eigenvalue weighted by atomic mass is 16.7. The van der Waals surface area contributed by atoms with E-state index in [9.17, 15) is 53.2 Å². The zero-order chi connectivity index (χ0) is 56.1. The number of amides is 7. The first-order valence-electron chi connectivity index (χ1n) is 26.5. The number of carbonyl (C=O) groups is 9. The van der Waals surface area contributed by atoms with Crippen molar-refractivity contribution in [3.05, 3.63) is 94.5 Å². The van der Waals surface area contributed by atoms with Gasteiger partial charge in [0, 0.05) is 68.9 Å². The molecule has 2 saturated heterocycles. The van der Waals surface area contributed by atoms with Crippen LogP contribution in [0.5, 0.6) is 0 Å². The average molecular weight is 1080 g/mol. The molecule has 3 aromatic rings. The van der Waals surface area contributed by atoms with Gasteiger partial charge in [0.05, 0.1) is 37.1 Å². The summed E-state index contributed by atoms with van der Waals surface area (Å²) in [7, 11) is -2.46. The number of imide groups is 1. The number of hydroxylamine groups is 2. The largest absolute Gasteiger partial charge is 0.492 e. The Balaban J connectivity index is 0.859. The van der Waals surface area contributed by atoms with Gasteiger partial charge in [0.15, 0.2) is 5.78 Å². The van der Waals surface area contributed by atoms with Crippen LogP contribution in [0.4, 0.5) is 0 Å². The van der Waals surface area contributed by atoms with E-state index in [-0.39, 0.29) is 101 Å². The van der Waals surface area contributed by atoms with E-state index in [1.807, 2.05) is 44.2 Å². The first kappa shape index (κ1) is 58.9. The third-order valence-corrected chi connectivity index (χ3v) is 14.1. The molecule has 3 atom stereocenters. The van der Waals surface area contributed by atoms with Crippen LogP contribution < -0.4 is 32.2 Å². The molecule has 78 heavy (non-hydrogen) atoms. The summed E-state index contributed by atoms with van der Waals surface area (Å²) in [5.74, 6) is -4.59. The molecule has 416 valence electrons. The van der Waals surface area contributed by atoms with Crippen LogP contribution in [0.3, 0.4) is 0 Å². The predicted molar refractivity (Wildman–Crippen MR) is 281 cm³/mol. The number of hydrogen-bond acceptors (Lipinski definition) is 16. The number of aryl methyl sites for hydroxylation is 1. The molecule has 22 nitrogen and oxygen atoms in total. The number of nitrogens with zero attached hydrogens (tertiary/aromatic N) is 2. The molecule has 0 aromatic heterocycles. The molecule has 0 bridgehead atoms. The number of rotatable bonds is 27. The summed E-state index contributed by atoms with van der Waals surface area (Å²) in [6.07, 6.45) is 1.80. The second-order valence-electron chi connectivity index (χ2n) is 20.7. The minimum Gasteiger partial charge on any atom is -0.423 e. The molecule has 6 N–H and O–H groups in total. The topological polar surface area (TPSA) is 295 Å². The molecule has 7 amide bonds. The lowest BCUT2D eigenvalue weighted by molar-refractivity contribution is -0.197. The number of Topliss-reactive ketones (excluding diaryl/α,β-unsaturated/α-hetero) is 1. The molecule has 0 aliphatic carbocycles. The molecule has 4 heterocycles. The number of ether oxygens (including phenoxy) is 2. The molecule has 0 saturated carbocycles. The highest BCUT2D eigenvalue weighted by Crippen LogP contribution is 2.32. The van der Waals surface area contributed by atoms with E-state index in [0.717, 1.165) is 16.7 Å². The SMILES string of the molecule is CC1(C)OB(O)c2cc(C(=O)N[C@@H]3C[C@@H](C(=O)NCCOCCOCC(=O)N[C@@H](CCCCNC(=O)CCc4ccccc4)C(=O)CCCC(=O)ON4C(=O)CCC4=O)N(C(=O)c4ccc5c(c4)B(O)OC5(C)C)C3)ccc21. The molecule has 0 unspecified atom stereocenters. The fourth-order valence-corrected chi connectivity index (χ4v) is 9.94. The van der Waals surface area contributed by atoms with Gasteiger partial charge in [-0.15, -0.1) is 5.06 Å². The normalized spacial score (nSPS) is 18.3. The van der Waals surface area contributed by atoms with Gasteiger partial charge in [0.2, 0.25) is 17.7 Å². The molecule has 4 aliphatic heterocycles. The third-order valence-electron chi connectivity index (χ3n) is 14.1. The maximum Gasteiger partial charge on any atom is 0.492 e. The van der Waals surface area contributed by atoms with Crippen molar-refractivity contribution in [3.63, 3.8) is 0 Å². The summed E-state index contributed by atoms with van der Waals surface area (Å²) >= 11 is 0. The van der Waals surface area contributed by atoms with Crippen LogP contribution in [0.15, 0.2) is 66.7 Å². The van der Waals surface area contributed by atoms with E-state index < -0.39 is 91.6 Å². The first-order valence-corrected chi connectivity index (χ1v) is 26.5. The molecule has 0 spiro atoms. The Morgan fingerprint density at radius 1 is 0.731 bits per heavy atom. The number of hydrogen-bond donors (Lipinski definition) is 6. The third kappa shape index (κ3) is 15.5. The monoisotopic (exact) mass is 1080 g/mol. The smallest absolute Gasteiger partial charge is 0.423 e. The van der Waals surface area contributed by atoms with E-state index >= 15 is 0 Å². The lowest BCUT2D eigenvalue weighted by Crippen LogP contribution is -2.47. The summed E-state index contributed by atoms with van der Waals surface area (Å²) in [5, 5.41) is 32.9. The zero-order valence-electron chi connectivity index (χ0n) is 44.5. The van der Waals surface area contributed by atoms with Gasteiger partial charge in [-0.2, -0.15) is 0 Å². The average Bonchev–Trinajstić information content (AvgIpc) is 4.27. The van der Waals surface area contributed by atoms with Crippen LogP contribution in [-0.4, -0.2) is 152 Å². The van der Waals surface area contributed by atoms with E-state index in [0.29, 0.717) is 48.2 Å². The number of likely N-dealkylation sites (tertiary alicyclic amines) is 1. The molecular formula is C54H68B2N6O16.